The van der Waals surface area contributed by atoms with E-state index in [-0.39, 0.29) is 5.91 Å². The summed E-state index contributed by atoms with van der Waals surface area (Å²) in [5.74, 6) is 1.37. The molecule has 43 heavy (non-hydrogen) atoms. The molecule has 0 bridgehead atoms. The van der Waals surface area contributed by atoms with Crippen molar-refractivity contribution in [3.8, 4) is 22.8 Å². The van der Waals surface area contributed by atoms with Gasteiger partial charge in [0.15, 0.2) is 5.82 Å². The number of carbonyl (C=O) groups excluding carboxylic acids is 1. The Morgan fingerprint density at radius 3 is 2.63 bits per heavy atom. The van der Waals surface area contributed by atoms with Crippen LogP contribution >= 0.6 is 0 Å². The van der Waals surface area contributed by atoms with Crippen LogP contribution in [-0.4, -0.2) is 78.1 Å². The van der Waals surface area contributed by atoms with Crippen LogP contribution in [-0.2, 0) is 16.1 Å². The Balaban J connectivity index is 1.48. The zero-order valence-electron chi connectivity index (χ0n) is 25.1. The first-order chi connectivity index (χ1) is 20.9. The molecule has 0 radical (unpaired) electrons. The first-order valence-corrected chi connectivity index (χ1v) is 14.4. The summed E-state index contributed by atoms with van der Waals surface area (Å²) in [5.41, 5.74) is 5.16. The Morgan fingerprint density at radius 1 is 1.12 bits per heavy atom. The topological polar surface area (TPSA) is 110 Å². The average molecular weight is 583 g/mol. The van der Waals surface area contributed by atoms with Gasteiger partial charge < -0.3 is 29.9 Å². The van der Waals surface area contributed by atoms with E-state index in [4.69, 9.17) is 19.6 Å². The predicted octanol–water partition coefficient (Wildman–Crippen LogP) is 4.88. The highest BCUT2D eigenvalue weighted by Gasteiger charge is 2.20. The zero-order valence-corrected chi connectivity index (χ0v) is 25.1. The van der Waals surface area contributed by atoms with Crippen LogP contribution < -0.4 is 20.3 Å². The van der Waals surface area contributed by atoms with Crippen molar-refractivity contribution < 1.29 is 14.3 Å². The van der Waals surface area contributed by atoms with Gasteiger partial charge in [0.2, 0.25) is 11.9 Å². The van der Waals surface area contributed by atoms with Crippen LogP contribution in [0.1, 0.15) is 18.9 Å². The lowest BCUT2D eigenvalue weighted by molar-refractivity contribution is -0.111. The molecule has 2 aromatic heterocycles. The maximum atomic E-state index is 12.7. The molecule has 1 saturated heterocycles. The zero-order chi connectivity index (χ0) is 30.2. The molecule has 1 fully saturated rings. The van der Waals surface area contributed by atoms with Crippen molar-refractivity contribution in [2.24, 2.45) is 0 Å². The number of nitrogens with one attached hydrogen (secondary N) is 2. The SMILES string of the molecule is CCC=CC(=O)Nc1cc(Nc2nccc(-n3cc(CN(C)C)c(-c4ccccc4)n3)n2)c(OC)cc1N1CCOCC1. The molecule has 1 amide bonds. The second kappa shape index (κ2) is 14.0. The van der Waals surface area contributed by atoms with E-state index in [2.05, 4.69) is 37.6 Å². The first kappa shape index (κ1) is 29.7. The van der Waals surface area contributed by atoms with E-state index in [0.29, 0.717) is 55.2 Å². The fourth-order valence-corrected chi connectivity index (χ4v) is 4.88. The van der Waals surface area contributed by atoms with E-state index in [1.165, 1.54) is 0 Å². The van der Waals surface area contributed by atoms with Gasteiger partial charge in [-0.15, -0.1) is 0 Å². The third-order valence-electron chi connectivity index (χ3n) is 6.88. The molecule has 11 nitrogen and oxygen atoms in total. The Hall–Kier alpha value is -4.74. The van der Waals surface area contributed by atoms with Crippen LogP contribution in [0.5, 0.6) is 5.75 Å². The molecule has 1 aliphatic heterocycles. The molecular weight excluding hydrogens is 544 g/mol. The quantitative estimate of drug-likeness (QED) is 0.239. The van der Waals surface area contributed by atoms with E-state index in [1.54, 1.807) is 24.1 Å². The lowest BCUT2D eigenvalue weighted by Gasteiger charge is -2.31. The number of allylic oxidation sites excluding steroid dienone is 1. The number of amides is 1. The van der Waals surface area contributed by atoms with Gasteiger partial charge in [0.1, 0.15) is 5.75 Å². The summed E-state index contributed by atoms with van der Waals surface area (Å²) in [6, 6.07) is 15.7. The van der Waals surface area contributed by atoms with E-state index >= 15 is 0 Å². The van der Waals surface area contributed by atoms with Crippen molar-refractivity contribution in [3.63, 3.8) is 0 Å². The Bertz CT molecular complexity index is 1560. The number of hydrogen-bond donors (Lipinski definition) is 2. The summed E-state index contributed by atoms with van der Waals surface area (Å²) >= 11 is 0. The molecule has 1 aliphatic rings. The lowest BCUT2D eigenvalue weighted by Crippen LogP contribution is -2.36. The molecule has 0 unspecified atom stereocenters. The molecule has 224 valence electrons. The molecule has 0 spiro atoms. The summed E-state index contributed by atoms with van der Waals surface area (Å²) in [4.78, 5) is 26.2. The normalized spacial score (nSPS) is 13.5. The summed E-state index contributed by atoms with van der Waals surface area (Å²) in [7, 11) is 5.69. The number of methoxy groups -OCH3 is 1. The third kappa shape index (κ3) is 7.37. The second-order valence-electron chi connectivity index (χ2n) is 10.4. The minimum atomic E-state index is -0.202. The van der Waals surface area contributed by atoms with Crippen LogP contribution in [0.3, 0.4) is 0 Å². The van der Waals surface area contributed by atoms with Crippen molar-refractivity contribution in [1.82, 2.24) is 24.6 Å². The van der Waals surface area contributed by atoms with Gasteiger partial charge in [-0.25, -0.2) is 9.67 Å². The summed E-state index contributed by atoms with van der Waals surface area (Å²) in [5, 5.41) is 11.2. The average Bonchev–Trinajstić information content (AvgIpc) is 3.44. The molecule has 0 aliphatic carbocycles. The number of carbonyl (C=O) groups is 1. The van der Waals surface area contributed by atoms with E-state index in [9.17, 15) is 4.79 Å². The number of ether oxygens (including phenoxy) is 2. The van der Waals surface area contributed by atoms with Crippen LogP contribution in [0.15, 0.2) is 73.1 Å². The number of nitrogens with zero attached hydrogens (tertiary/aromatic N) is 6. The largest absolute Gasteiger partial charge is 0.494 e. The molecular formula is C32H38N8O3. The van der Waals surface area contributed by atoms with Gasteiger partial charge in [-0.2, -0.15) is 10.1 Å². The molecule has 3 heterocycles. The van der Waals surface area contributed by atoms with E-state index in [0.717, 1.165) is 35.5 Å². The van der Waals surface area contributed by atoms with Gasteiger partial charge in [0.05, 0.1) is 43.1 Å². The van der Waals surface area contributed by atoms with E-state index in [1.807, 2.05) is 69.7 Å². The maximum Gasteiger partial charge on any atom is 0.248 e. The number of anilines is 4. The molecule has 0 atom stereocenters. The van der Waals surface area contributed by atoms with Crippen molar-refractivity contribution in [3.05, 3.63) is 78.6 Å². The van der Waals surface area contributed by atoms with Gasteiger partial charge in [-0.3, -0.25) is 4.79 Å². The van der Waals surface area contributed by atoms with Gasteiger partial charge in [-0.1, -0.05) is 43.3 Å². The van der Waals surface area contributed by atoms with Gasteiger partial charge >= 0.3 is 0 Å². The van der Waals surface area contributed by atoms with Crippen LogP contribution in [0.25, 0.3) is 17.1 Å². The highest BCUT2D eigenvalue weighted by molar-refractivity contribution is 6.02. The van der Waals surface area contributed by atoms with E-state index < -0.39 is 0 Å². The fraction of sp³-hybridized carbons (Fsp3) is 0.312. The predicted molar refractivity (Wildman–Crippen MR) is 169 cm³/mol. The standard InChI is InChI=1S/C32H38N8O3/c1-5-6-12-30(41)34-25-19-26(28(42-4)20-27(25)39-15-17-43-18-16-39)35-32-33-14-13-29(36-32)40-22-24(21-38(2)3)31(37-40)23-10-8-7-9-11-23/h6-14,19-20,22H,5,15-18,21H2,1-4H3,(H,34,41)(H,33,35,36). The Kier molecular flexibility index (Phi) is 9.65. The molecule has 4 aromatic rings. The van der Waals surface area contributed by atoms with Crippen LogP contribution in [0, 0.1) is 0 Å². The fourth-order valence-electron chi connectivity index (χ4n) is 4.88. The number of rotatable bonds is 11. The van der Waals surface area contributed by atoms with Crippen LogP contribution in [0.2, 0.25) is 0 Å². The summed E-state index contributed by atoms with van der Waals surface area (Å²) in [6.07, 6.45) is 7.84. The van der Waals surface area contributed by atoms with Crippen LogP contribution in [0.4, 0.5) is 23.0 Å². The summed E-state index contributed by atoms with van der Waals surface area (Å²) in [6.45, 7) is 5.36. The minimum Gasteiger partial charge on any atom is -0.494 e. The minimum absolute atomic E-state index is 0.202. The van der Waals surface area contributed by atoms with Crippen molar-refractivity contribution in [2.75, 3.05) is 63.0 Å². The maximum absolute atomic E-state index is 12.7. The van der Waals surface area contributed by atoms with Crippen molar-refractivity contribution in [1.29, 1.82) is 0 Å². The Labute approximate surface area is 252 Å². The molecule has 2 N–H and O–H groups in total. The highest BCUT2D eigenvalue weighted by atomic mass is 16.5. The van der Waals surface area contributed by atoms with Crippen molar-refractivity contribution in [2.45, 2.75) is 19.9 Å². The number of hydrogen-bond acceptors (Lipinski definition) is 9. The number of benzene rings is 2. The third-order valence-corrected chi connectivity index (χ3v) is 6.88. The second-order valence-corrected chi connectivity index (χ2v) is 10.4. The monoisotopic (exact) mass is 582 g/mol. The van der Waals surface area contributed by atoms with Gasteiger partial charge in [0, 0.05) is 55.3 Å². The Morgan fingerprint density at radius 2 is 1.91 bits per heavy atom. The van der Waals surface area contributed by atoms with Crippen molar-refractivity contribution >= 4 is 28.9 Å². The van der Waals surface area contributed by atoms with Gasteiger partial charge in [-0.05, 0) is 32.7 Å². The molecule has 0 saturated carbocycles. The van der Waals surface area contributed by atoms with Gasteiger partial charge in [0.25, 0.3) is 0 Å². The summed E-state index contributed by atoms with van der Waals surface area (Å²) < 4.78 is 13.1. The molecule has 5 rings (SSSR count). The smallest absolute Gasteiger partial charge is 0.248 e. The first-order valence-electron chi connectivity index (χ1n) is 14.4. The molecule has 2 aromatic carbocycles. The lowest BCUT2D eigenvalue weighted by atomic mass is 10.1. The highest BCUT2D eigenvalue weighted by Crippen LogP contribution is 2.38. The number of aromatic nitrogens is 4. The number of morpholine rings is 1. The molecule has 11 heteroatoms.